The second-order valence-corrected chi connectivity index (χ2v) is 8.47. The number of aryl methyl sites for hydroxylation is 1. The Balaban J connectivity index is 1.34. The summed E-state index contributed by atoms with van der Waals surface area (Å²) in [5.41, 5.74) is 4.14. The lowest BCUT2D eigenvalue weighted by Crippen LogP contribution is -2.30. The number of rotatable bonds is 6. The van der Waals surface area contributed by atoms with Crippen molar-refractivity contribution in [3.63, 3.8) is 0 Å². The smallest absolute Gasteiger partial charge is 0.271 e. The van der Waals surface area contributed by atoms with Gasteiger partial charge in [-0.05, 0) is 29.5 Å². The summed E-state index contributed by atoms with van der Waals surface area (Å²) in [7, 11) is 0. The van der Waals surface area contributed by atoms with Crippen LogP contribution in [0.1, 0.15) is 51.4 Å². The molecular formula is C28H27N3O. The predicted molar refractivity (Wildman–Crippen MR) is 127 cm³/mol. The van der Waals surface area contributed by atoms with E-state index >= 15 is 0 Å². The minimum absolute atomic E-state index is 0.109. The maximum absolute atomic E-state index is 13.2. The van der Waals surface area contributed by atoms with E-state index in [1.54, 1.807) is 0 Å². The SMILES string of the molecule is O=C(NC(Cc1ccccc1)c1ccccc1)c1cn2c(n1)CCC(c1ccccc1)C2. The fraction of sp³-hybridized carbons (Fsp3) is 0.214. The molecular weight excluding hydrogens is 394 g/mol. The molecule has 4 nitrogen and oxygen atoms in total. The predicted octanol–water partition coefficient (Wildman–Crippen LogP) is 5.33. The zero-order valence-corrected chi connectivity index (χ0v) is 18.0. The summed E-state index contributed by atoms with van der Waals surface area (Å²) in [6.45, 7) is 0.867. The summed E-state index contributed by atoms with van der Waals surface area (Å²) in [6, 6.07) is 30.9. The minimum Gasteiger partial charge on any atom is -0.344 e. The van der Waals surface area contributed by atoms with Gasteiger partial charge in [0, 0.05) is 25.1 Å². The Morgan fingerprint density at radius 2 is 1.59 bits per heavy atom. The molecule has 0 aliphatic carbocycles. The van der Waals surface area contributed by atoms with Gasteiger partial charge in [-0.1, -0.05) is 91.0 Å². The van der Waals surface area contributed by atoms with E-state index in [1.807, 2.05) is 42.6 Å². The molecule has 2 atom stereocenters. The number of hydrogen-bond donors (Lipinski definition) is 1. The molecule has 5 rings (SSSR count). The Bertz CT molecular complexity index is 1170. The van der Waals surface area contributed by atoms with Crippen molar-refractivity contribution < 1.29 is 4.79 Å². The van der Waals surface area contributed by atoms with E-state index in [0.717, 1.165) is 37.2 Å². The van der Waals surface area contributed by atoms with Crippen molar-refractivity contribution in [3.8, 4) is 0 Å². The van der Waals surface area contributed by atoms with Crippen molar-refractivity contribution in [1.82, 2.24) is 14.9 Å². The number of imidazole rings is 1. The van der Waals surface area contributed by atoms with Crippen molar-refractivity contribution in [2.75, 3.05) is 0 Å². The molecule has 0 radical (unpaired) electrons. The van der Waals surface area contributed by atoms with E-state index in [9.17, 15) is 4.79 Å². The van der Waals surface area contributed by atoms with Gasteiger partial charge in [-0.15, -0.1) is 0 Å². The van der Waals surface area contributed by atoms with Gasteiger partial charge < -0.3 is 9.88 Å². The van der Waals surface area contributed by atoms with E-state index in [1.165, 1.54) is 11.1 Å². The molecule has 1 aromatic heterocycles. The van der Waals surface area contributed by atoms with Crippen LogP contribution in [0.2, 0.25) is 0 Å². The van der Waals surface area contributed by atoms with Gasteiger partial charge in [0.05, 0.1) is 6.04 Å². The lowest BCUT2D eigenvalue weighted by atomic mass is 9.92. The molecule has 1 amide bonds. The highest BCUT2D eigenvalue weighted by atomic mass is 16.2. The van der Waals surface area contributed by atoms with E-state index < -0.39 is 0 Å². The molecule has 2 heterocycles. The lowest BCUT2D eigenvalue weighted by Gasteiger charge is -2.23. The topological polar surface area (TPSA) is 46.9 Å². The second kappa shape index (κ2) is 9.23. The van der Waals surface area contributed by atoms with Crippen LogP contribution in [0.4, 0.5) is 0 Å². The van der Waals surface area contributed by atoms with Crippen molar-refractivity contribution in [3.05, 3.63) is 125 Å². The highest BCUT2D eigenvalue weighted by Gasteiger charge is 2.24. The Kier molecular flexibility index (Phi) is 5.84. The zero-order valence-electron chi connectivity index (χ0n) is 18.0. The van der Waals surface area contributed by atoms with E-state index in [0.29, 0.717) is 11.6 Å². The number of carbonyl (C=O) groups excluding carboxylic acids is 1. The van der Waals surface area contributed by atoms with Gasteiger partial charge in [-0.2, -0.15) is 0 Å². The van der Waals surface area contributed by atoms with Crippen LogP contribution in [0.15, 0.2) is 97.2 Å². The summed E-state index contributed by atoms with van der Waals surface area (Å²) in [4.78, 5) is 17.9. The summed E-state index contributed by atoms with van der Waals surface area (Å²) in [5.74, 6) is 1.35. The number of nitrogens with zero attached hydrogens (tertiary/aromatic N) is 2. The molecule has 3 aromatic carbocycles. The summed E-state index contributed by atoms with van der Waals surface area (Å²) < 4.78 is 2.16. The molecule has 32 heavy (non-hydrogen) atoms. The lowest BCUT2D eigenvalue weighted by molar-refractivity contribution is 0.0931. The quantitative estimate of drug-likeness (QED) is 0.458. The van der Waals surface area contributed by atoms with Gasteiger partial charge >= 0.3 is 0 Å². The average molecular weight is 422 g/mol. The molecule has 4 heteroatoms. The molecule has 1 aliphatic rings. The van der Waals surface area contributed by atoms with E-state index in [4.69, 9.17) is 0 Å². The number of amides is 1. The van der Waals surface area contributed by atoms with Crippen molar-refractivity contribution in [1.29, 1.82) is 0 Å². The first kappa shape index (κ1) is 20.3. The second-order valence-electron chi connectivity index (χ2n) is 8.47. The fourth-order valence-corrected chi connectivity index (χ4v) is 4.57. The maximum Gasteiger partial charge on any atom is 0.271 e. The summed E-state index contributed by atoms with van der Waals surface area (Å²) in [5, 5.41) is 3.24. The van der Waals surface area contributed by atoms with Crippen LogP contribution in [0.5, 0.6) is 0 Å². The largest absolute Gasteiger partial charge is 0.344 e. The van der Waals surface area contributed by atoms with Crippen molar-refractivity contribution in [2.24, 2.45) is 0 Å². The number of fused-ring (bicyclic) bond motifs is 1. The molecule has 2 unspecified atom stereocenters. The Morgan fingerprint density at radius 1 is 0.938 bits per heavy atom. The molecule has 0 bridgehead atoms. The van der Waals surface area contributed by atoms with Crippen LogP contribution in [0.25, 0.3) is 0 Å². The number of aromatic nitrogens is 2. The third kappa shape index (κ3) is 4.50. The van der Waals surface area contributed by atoms with Crippen LogP contribution < -0.4 is 5.32 Å². The minimum atomic E-state index is -0.118. The van der Waals surface area contributed by atoms with Crippen LogP contribution in [0, 0.1) is 0 Å². The summed E-state index contributed by atoms with van der Waals surface area (Å²) >= 11 is 0. The van der Waals surface area contributed by atoms with Crippen LogP contribution in [0.3, 0.4) is 0 Å². The van der Waals surface area contributed by atoms with Gasteiger partial charge in [-0.25, -0.2) is 4.98 Å². The third-order valence-corrected chi connectivity index (χ3v) is 6.29. The number of benzene rings is 3. The van der Waals surface area contributed by atoms with E-state index in [2.05, 4.69) is 69.5 Å². The van der Waals surface area contributed by atoms with E-state index in [-0.39, 0.29) is 11.9 Å². The molecule has 0 saturated carbocycles. The monoisotopic (exact) mass is 421 g/mol. The van der Waals surface area contributed by atoms with Crippen LogP contribution >= 0.6 is 0 Å². The van der Waals surface area contributed by atoms with Gasteiger partial charge in [0.15, 0.2) is 0 Å². The first-order chi connectivity index (χ1) is 15.8. The average Bonchev–Trinajstić information content (AvgIpc) is 3.29. The molecule has 1 N–H and O–H groups in total. The first-order valence-corrected chi connectivity index (χ1v) is 11.3. The van der Waals surface area contributed by atoms with Crippen LogP contribution in [-0.2, 0) is 19.4 Å². The van der Waals surface area contributed by atoms with Crippen molar-refractivity contribution >= 4 is 5.91 Å². The maximum atomic E-state index is 13.2. The molecule has 4 aromatic rings. The summed E-state index contributed by atoms with van der Waals surface area (Å²) in [6.07, 6.45) is 4.60. The van der Waals surface area contributed by atoms with Crippen molar-refractivity contribution in [2.45, 2.75) is 37.8 Å². The van der Waals surface area contributed by atoms with Gasteiger partial charge in [0.25, 0.3) is 5.91 Å². The Morgan fingerprint density at radius 3 is 2.31 bits per heavy atom. The highest BCUT2D eigenvalue weighted by molar-refractivity contribution is 5.92. The number of nitrogens with one attached hydrogen (secondary N) is 1. The highest BCUT2D eigenvalue weighted by Crippen LogP contribution is 2.29. The van der Waals surface area contributed by atoms with Gasteiger partial charge in [-0.3, -0.25) is 4.79 Å². The first-order valence-electron chi connectivity index (χ1n) is 11.3. The fourth-order valence-electron chi connectivity index (χ4n) is 4.57. The number of carbonyl (C=O) groups is 1. The number of hydrogen-bond acceptors (Lipinski definition) is 2. The zero-order chi connectivity index (χ0) is 21.8. The van der Waals surface area contributed by atoms with Gasteiger partial charge in [0.1, 0.15) is 11.5 Å². The van der Waals surface area contributed by atoms with Gasteiger partial charge in [0.2, 0.25) is 0 Å². The standard InChI is InChI=1S/C28H27N3O/c32-28(30-25(23-14-8-3-9-15-23)18-21-10-4-1-5-11-21)26-20-31-19-24(16-17-27(31)29-26)22-12-6-2-7-13-22/h1-15,20,24-25H,16-19H2,(H,30,32). The molecule has 0 spiro atoms. The molecule has 0 fully saturated rings. The third-order valence-electron chi connectivity index (χ3n) is 6.29. The molecule has 0 saturated heterocycles. The normalized spacial score (nSPS) is 16.2. The molecule has 160 valence electrons. The molecule has 1 aliphatic heterocycles. The Labute approximate surface area is 189 Å². The Hall–Kier alpha value is -3.66. The van der Waals surface area contributed by atoms with Crippen LogP contribution in [-0.4, -0.2) is 15.5 Å².